The van der Waals surface area contributed by atoms with Crippen molar-refractivity contribution in [1.82, 2.24) is 0 Å². The summed E-state index contributed by atoms with van der Waals surface area (Å²) in [6.45, 7) is 4.71. The average molecular weight is 512 g/mol. The number of carbonyl (C=O) groups excluding carboxylic acids is 5. The Morgan fingerprint density at radius 3 is 1.92 bits per heavy atom. The maximum Gasteiger partial charge on any atom is 0.308 e. The molecule has 5 atom stereocenters. The predicted octanol–water partition coefficient (Wildman–Crippen LogP) is 0.566. The van der Waals surface area contributed by atoms with Crippen LogP contribution in [0.3, 0.4) is 0 Å². The summed E-state index contributed by atoms with van der Waals surface area (Å²) in [5.41, 5.74) is 0.182. The lowest BCUT2D eigenvalue weighted by atomic mass is 9.98. The van der Waals surface area contributed by atoms with Crippen LogP contribution in [0.15, 0.2) is 18.2 Å². The number of rotatable bonds is 9. The van der Waals surface area contributed by atoms with Gasteiger partial charge < -0.3 is 38.3 Å². The fourth-order valence-electron chi connectivity index (χ4n) is 3.43. The summed E-state index contributed by atoms with van der Waals surface area (Å²) in [5, 5.41) is 9.80. The molecule has 1 N–H and O–H groups in total. The van der Waals surface area contributed by atoms with Gasteiger partial charge in [-0.15, -0.1) is 0 Å². The summed E-state index contributed by atoms with van der Waals surface area (Å²) in [5.74, 6) is -3.39. The molecular weight excluding hydrogens is 484 g/mol. The molecule has 2 rings (SSSR count). The zero-order valence-electron chi connectivity index (χ0n) is 20.4. The predicted molar refractivity (Wildman–Crippen MR) is 116 cm³/mol. The second-order valence-electron chi connectivity index (χ2n) is 7.71. The fraction of sp³-hybridized carbons (Fsp3) is 0.522. The van der Waals surface area contributed by atoms with Crippen LogP contribution in [0, 0.1) is 0 Å². The molecule has 1 aromatic carbocycles. The molecule has 0 aromatic heterocycles. The van der Waals surface area contributed by atoms with E-state index in [2.05, 4.69) is 0 Å². The van der Waals surface area contributed by atoms with Gasteiger partial charge in [0.2, 0.25) is 12.4 Å². The number of aliphatic hydroxyl groups excluding tert-OH is 1. The van der Waals surface area contributed by atoms with Gasteiger partial charge in [-0.05, 0) is 18.2 Å². The maximum absolute atomic E-state index is 11.9. The molecular formula is C23H28O13. The lowest BCUT2D eigenvalue weighted by Crippen LogP contribution is -2.63. The molecule has 1 saturated heterocycles. The maximum atomic E-state index is 11.9. The first-order valence-corrected chi connectivity index (χ1v) is 10.8. The molecule has 0 amide bonds. The molecule has 1 fully saturated rings. The third-order valence-electron chi connectivity index (χ3n) is 4.66. The van der Waals surface area contributed by atoms with E-state index in [9.17, 15) is 29.1 Å². The van der Waals surface area contributed by atoms with E-state index >= 15 is 0 Å². The van der Waals surface area contributed by atoms with E-state index in [1.807, 2.05) is 0 Å². The Morgan fingerprint density at radius 2 is 1.39 bits per heavy atom. The van der Waals surface area contributed by atoms with E-state index < -0.39 is 73.8 Å². The molecule has 1 heterocycles. The fourth-order valence-corrected chi connectivity index (χ4v) is 3.43. The van der Waals surface area contributed by atoms with E-state index in [1.54, 1.807) is 0 Å². The highest BCUT2D eigenvalue weighted by atomic mass is 16.7. The van der Waals surface area contributed by atoms with Crippen LogP contribution >= 0.6 is 0 Å². The smallest absolute Gasteiger partial charge is 0.308 e. The molecule has 0 saturated carbocycles. The van der Waals surface area contributed by atoms with Crippen LogP contribution in [0.5, 0.6) is 11.5 Å². The zero-order chi connectivity index (χ0) is 27.0. The Bertz CT molecular complexity index is 988. The van der Waals surface area contributed by atoms with Crippen LogP contribution in [0.1, 0.15) is 40.2 Å². The summed E-state index contributed by atoms with van der Waals surface area (Å²) >= 11 is 0. The Kier molecular flexibility index (Phi) is 10.2. The summed E-state index contributed by atoms with van der Waals surface area (Å²) in [4.78, 5) is 58.2. The first kappa shape index (κ1) is 28.5. The summed E-state index contributed by atoms with van der Waals surface area (Å²) in [6, 6.07) is 4.11. The highest BCUT2D eigenvalue weighted by Gasteiger charge is 2.53. The van der Waals surface area contributed by atoms with E-state index in [1.165, 1.54) is 25.1 Å². The Morgan fingerprint density at radius 1 is 0.806 bits per heavy atom. The average Bonchev–Trinajstić information content (AvgIpc) is 2.76. The van der Waals surface area contributed by atoms with E-state index in [-0.39, 0.29) is 17.1 Å². The van der Waals surface area contributed by atoms with Crippen molar-refractivity contribution in [2.24, 2.45) is 0 Å². The Labute approximate surface area is 206 Å². The van der Waals surface area contributed by atoms with E-state index in [0.29, 0.717) is 0 Å². The summed E-state index contributed by atoms with van der Waals surface area (Å²) in [7, 11) is 0. The van der Waals surface area contributed by atoms with Crippen molar-refractivity contribution in [3.8, 4) is 11.5 Å². The van der Waals surface area contributed by atoms with Gasteiger partial charge in [0.25, 0.3) is 0 Å². The summed E-state index contributed by atoms with van der Waals surface area (Å²) < 4.78 is 37.7. The van der Waals surface area contributed by atoms with Gasteiger partial charge in [0, 0.05) is 40.2 Å². The molecule has 1 aromatic rings. The minimum Gasteiger partial charge on any atom is -0.463 e. The number of esters is 5. The minimum atomic E-state index is -1.48. The quantitative estimate of drug-likeness (QED) is 0.277. The number of aliphatic hydroxyl groups is 1. The lowest BCUT2D eigenvalue weighted by molar-refractivity contribution is -0.288. The van der Waals surface area contributed by atoms with Gasteiger partial charge in [0.1, 0.15) is 24.2 Å². The van der Waals surface area contributed by atoms with E-state index in [4.69, 9.17) is 33.2 Å². The SMILES string of the molecule is CC(=O)OC[C@H]1O[C@@H](Oc2ccc(OC(C)=O)cc2CO)[C@H](OC(C)=O)[C@@H](OC(C)=O)[C@@H]1OC(C)=O. The number of carbonyl (C=O) groups is 5. The van der Waals surface area contributed by atoms with Crippen LogP contribution in [0.25, 0.3) is 0 Å². The molecule has 13 nitrogen and oxygen atoms in total. The van der Waals surface area contributed by atoms with E-state index in [0.717, 1.165) is 27.7 Å². The highest BCUT2D eigenvalue weighted by Crippen LogP contribution is 2.33. The van der Waals surface area contributed by atoms with Crippen molar-refractivity contribution in [1.29, 1.82) is 0 Å². The highest BCUT2D eigenvalue weighted by molar-refractivity contribution is 5.70. The number of benzene rings is 1. The first-order valence-electron chi connectivity index (χ1n) is 10.8. The molecule has 1 aliphatic rings. The largest absolute Gasteiger partial charge is 0.463 e. The van der Waals surface area contributed by atoms with Crippen LogP contribution in [0.4, 0.5) is 0 Å². The zero-order valence-corrected chi connectivity index (χ0v) is 20.4. The second kappa shape index (κ2) is 12.8. The van der Waals surface area contributed by atoms with Crippen molar-refractivity contribution >= 4 is 29.8 Å². The minimum absolute atomic E-state index is 0.0503. The standard InChI is InChI=1S/C23H28O13/c1-11(25)30-10-19-20(32-13(3)27)21(33-14(4)28)22(34-15(5)29)23(36-19)35-18-7-6-17(31-12(2)26)8-16(18)9-24/h6-8,19-24H,9-10H2,1-5H3/t19-,20-,21+,22-,23-/m1/s1. The lowest BCUT2D eigenvalue weighted by Gasteiger charge is -2.44. The monoisotopic (exact) mass is 512 g/mol. The van der Waals surface area contributed by atoms with Gasteiger partial charge in [-0.3, -0.25) is 24.0 Å². The van der Waals surface area contributed by atoms with Crippen LogP contribution < -0.4 is 9.47 Å². The summed E-state index contributed by atoms with van der Waals surface area (Å²) in [6.07, 6.45) is -6.86. The van der Waals surface area contributed by atoms with Gasteiger partial charge >= 0.3 is 29.8 Å². The molecule has 13 heteroatoms. The first-order chi connectivity index (χ1) is 16.9. The normalized spacial score (nSPS) is 23.1. The second-order valence-corrected chi connectivity index (χ2v) is 7.71. The molecule has 36 heavy (non-hydrogen) atoms. The van der Waals surface area contributed by atoms with Crippen molar-refractivity contribution in [3.63, 3.8) is 0 Å². The Balaban J connectivity index is 2.50. The van der Waals surface area contributed by atoms with Gasteiger partial charge in [-0.25, -0.2) is 0 Å². The molecule has 0 bridgehead atoms. The van der Waals surface area contributed by atoms with Gasteiger partial charge in [0.05, 0.1) is 6.61 Å². The van der Waals surface area contributed by atoms with Crippen LogP contribution in [-0.2, 0) is 54.3 Å². The number of ether oxygens (including phenoxy) is 7. The third kappa shape index (κ3) is 8.20. The molecule has 198 valence electrons. The molecule has 0 spiro atoms. The molecule has 0 aliphatic carbocycles. The van der Waals surface area contributed by atoms with Gasteiger partial charge in [-0.1, -0.05) is 0 Å². The number of hydrogen-bond acceptors (Lipinski definition) is 13. The van der Waals surface area contributed by atoms with Crippen molar-refractivity contribution in [3.05, 3.63) is 23.8 Å². The molecule has 1 aliphatic heterocycles. The van der Waals surface area contributed by atoms with Crippen LogP contribution in [0.2, 0.25) is 0 Å². The van der Waals surface area contributed by atoms with Crippen molar-refractivity contribution in [2.75, 3.05) is 6.61 Å². The van der Waals surface area contributed by atoms with Crippen LogP contribution in [-0.4, -0.2) is 72.3 Å². The Hall–Kier alpha value is -3.71. The molecule has 0 unspecified atom stereocenters. The van der Waals surface area contributed by atoms with Gasteiger partial charge in [0.15, 0.2) is 12.2 Å². The van der Waals surface area contributed by atoms with Crippen molar-refractivity contribution < 1.29 is 62.2 Å². The molecule has 0 radical (unpaired) electrons. The topological polar surface area (TPSA) is 170 Å². The third-order valence-corrected chi connectivity index (χ3v) is 4.66. The van der Waals surface area contributed by atoms with Gasteiger partial charge in [-0.2, -0.15) is 0 Å². The van der Waals surface area contributed by atoms with Crippen molar-refractivity contribution in [2.45, 2.75) is 71.9 Å². The number of hydrogen-bond donors (Lipinski definition) is 1.